The van der Waals surface area contributed by atoms with Crippen molar-refractivity contribution < 1.29 is 9.21 Å². The molecular weight excluding hydrogens is 288 g/mol. The number of hydrogen-bond acceptors (Lipinski definition) is 3. The predicted octanol–water partition coefficient (Wildman–Crippen LogP) is 2.81. The summed E-state index contributed by atoms with van der Waals surface area (Å²) in [6.07, 6.45) is 2.50. The summed E-state index contributed by atoms with van der Waals surface area (Å²) in [5.41, 5.74) is 6.64. The third-order valence-corrected chi connectivity index (χ3v) is 3.08. The number of amides is 1. The number of nitrogens with two attached hydrogens (primary N) is 1. The molecule has 0 aliphatic carbocycles. The highest BCUT2D eigenvalue weighted by Crippen LogP contribution is 2.20. The molecule has 108 valence electrons. The number of furan rings is 1. The van der Waals surface area contributed by atoms with Gasteiger partial charge in [-0.2, -0.15) is 0 Å². The van der Waals surface area contributed by atoms with Crippen LogP contribution < -0.4 is 11.1 Å². The number of halogens is 1. The normalized spacial score (nSPS) is 9.81. The molecule has 5 heteroatoms. The van der Waals surface area contributed by atoms with Gasteiger partial charge in [-0.25, -0.2) is 0 Å². The van der Waals surface area contributed by atoms with Crippen molar-refractivity contribution in [2.24, 2.45) is 5.73 Å². The van der Waals surface area contributed by atoms with Gasteiger partial charge in [0, 0.05) is 24.1 Å². The zero-order chi connectivity index (χ0) is 15.1. The van der Waals surface area contributed by atoms with Crippen molar-refractivity contribution in [3.63, 3.8) is 0 Å². The molecule has 0 atom stereocenters. The van der Waals surface area contributed by atoms with E-state index in [1.54, 1.807) is 30.5 Å². The second-order valence-corrected chi connectivity index (χ2v) is 4.74. The molecule has 3 N–H and O–H groups in total. The zero-order valence-electron chi connectivity index (χ0n) is 11.4. The van der Waals surface area contributed by atoms with Crippen LogP contribution in [0.2, 0.25) is 5.02 Å². The summed E-state index contributed by atoms with van der Waals surface area (Å²) >= 11 is 6.03. The number of nitrogens with one attached hydrogen (secondary N) is 1. The maximum Gasteiger partial charge on any atom is 0.224 e. The van der Waals surface area contributed by atoms with E-state index in [-0.39, 0.29) is 12.5 Å². The van der Waals surface area contributed by atoms with Crippen LogP contribution in [0.3, 0.4) is 0 Å². The molecule has 1 heterocycles. The van der Waals surface area contributed by atoms with Crippen LogP contribution in [0.4, 0.5) is 5.69 Å². The van der Waals surface area contributed by atoms with Crippen LogP contribution in [0, 0.1) is 11.8 Å². The van der Waals surface area contributed by atoms with Crippen LogP contribution in [0.5, 0.6) is 0 Å². The van der Waals surface area contributed by atoms with Gasteiger partial charge >= 0.3 is 0 Å². The van der Waals surface area contributed by atoms with Crippen LogP contribution in [0.1, 0.15) is 17.7 Å². The first-order chi connectivity index (χ1) is 10.2. The Kier molecular flexibility index (Phi) is 5.44. The first kappa shape index (κ1) is 15.2. The number of rotatable bonds is 4. The summed E-state index contributed by atoms with van der Waals surface area (Å²) in [5, 5.41) is 3.34. The molecule has 1 aromatic heterocycles. The van der Waals surface area contributed by atoms with Gasteiger partial charge in [0.25, 0.3) is 0 Å². The Morgan fingerprint density at radius 2 is 2.24 bits per heavy atom. The molecule has 0 saturated heterocycles. The van der Waals surface area contributed by atoms with Crippen LogP contribution in [-0.2, 0) is 11.2 Å². The molecule has 0 unspecified atom stereocenters. The number of carbonyl (C=O) groups excluding carboxylic acids is 1. The molecule has 0 fully saturated rings. The van der Waals surface area contributed by atoms with Crippen LogP contribution in [0.25, 0.3) is 0 Å². The Balaban J connectivity index is 1.97. The third-order valence-electron chi connectivity index (χ3n) is 2.75. The van der Waals surface area contributed by atoms with Crippen molar-refractivity contribution in [3.05, 3.63) is 52.9 Å². The van der Waals surface area contributed by atoms with Crippen molar-refractivity contribution in [1.29, 1.82) is 0 Å². The molecule has 4 nitrogen and oxygen atoms in total. The van der Waals surface area contributed by atoms with E-state index in [0.717, 1.165) is 5.76 Å². The van der Waals surface area contributed by atoms with Crippen molar-refractivity contribution in [2.45, 2.75) is 12.8 Å². The second kappa shape index (κ2) is 7.53. The molecule has 0 saturated carbocycles. The first-order valence-electron chi connectivity index (χ1n) is 6.50. The standard InChI is InChI=1S/C16H15ClN2O2/c17-15-7-5-13(11-12(15)3-1-9-18)19-16(20)8-6-14-4-2-10-21-14/h2,4-5,7,10-11H,6,8-9,18H2,(H,19,20). The highest BCUT2D eigenvalue weighted by molar-refractivity contribution is 6.31. The summed E-state index contributed by atoms with van der Waals surface area (Å²) in [4.78, 5) is 11.9. The fourth-order valence-corrected chi connectivity index (χ4v) is 1.92. The Bertz CT molecular complexity index is 669. The van der Waals surface area contributed by atoms with Gasteiger partial charge in [-0.15, -0.1) is 0 Å². The summed E-state index contributed by atoms with van der Waals surface area (Å²) in [6.45, 7) is 0.260. The maximum absolute atomic E-state index is 11.9. The Morgan fingerprint density at radius 3 is 2.95 bits per heavy atom. The van der Waals surface area contributed by atoms with Gasteiger partial charge in [0.1, 0.15) is 5.76 Å². The van der Waals surface area contributed by atoms with E-state index in [4.69, 9.17) is 21.8 Å². The molecule has 0 radical (unpaired) electrons. The van der Waals surface area contributed by atoms with E-state index in [9.17, 15) is 4.79 Å². The van der Waals surface area contributed by atoms with Crippen molar-refractivity contribution in [2.75, 3.05) is 11.9 Å². The smallest absolute Gasteiger partial charge is 0.224 e. The number of benzene rings is 1. The van der Waals surface area contributed by atoms with Gasteiger partial charge in [0.15, 0.2) is 0 Å². The molecule has 0 aliphatic heterocycles. The molecule has 0 bridgehead atoms. The summed E-state index contributed by atoms with van der Waals surface area (Å²) < 4.78 is 5.19. The minimum absolute atomic E-state index is 0.0912. The van der Waals surface area contributed by atoms with E-state index in [1.807, 2.05) is 6.07 Å². The monoisotopic (exact) mass is 302 g/mol. The summed E-state index contributed by atoms with van der Waals surface area (Å²) in [7, 11) is 0. The van der Waals surface area contributed by atoms with Crippen LogP contribution >= 0.6 is 11.6 Å². The maximum atomic E-state index is 11.9. The van der Waals surface area contributed by atoms with E-state index >= 15 is 0 Å². The Morgan fingerprint density at radius 1 is 1.38 bits per heavy atom. The highest BCUT2D eigenvalue weighted by Gasteiger charge is 2.06. The van der Waals surface area contributed by atoms with Gasteiger partial charge < -0.3 is 15.5 Å². The number of carbonyl (C=O) groups is 1. The molecular formula is C16H15ClN2O2. The first-order valence-corrected chi connectivity index (χ1v) is 6.87. The molecule has 0 aliphatic rings. The Hall–Kier alpha value is -2.22. The fraction of sp³-hybridized carbons (Fsp3) is 0.188. The zero-order valence-corrected chi connectivity index (χ0v) is 12.1. The summed E-state index contributed by atoms with van der Waals surface area (Å²) in [5.74, 6) is 6.30. The highest BCUT2D eigenvalue weighted by atomic mass is 35.5. The average Bonchev–Trinajstić information content (AvgIpc) is 2.99. The average molecular weight is 303 g/mol. The van der Waals surface area contributed by atoms with Gasteiger partial charge in [-0.05, 0) is 30.3 Å². The minimum Gasteiger partial charge on any atom is -0.469 e. The van der Waals surface area contributed by atoms with Crippen molar-refractivity contribution in [1.82, 2.24) is 0 Å². The van der Waals surface area contributed by atoms with Gasteiger partial charge in [-0.1, -0.05) is 23.4 Å². The van der Waals surface area contributed by atoms with Crippen molar-refractivity contribution >= 4 is 23.2 Å². The van der Waals surface area contributed by atoms with Gasteiger partial charge in [0.05, 0.1) is 17.8 Å². The lowest BCUT2D eigenvalue weighted by molar-refractivity contribution is -0.116. The number of anilines is 1. The molecule has 1 amide bonds. The van der Waals surface area contributed by atoms with E-state index < -0.39 is 0 Å². The third kappa shape index (κ3) is 4.67. The molecule has 2 rings (SSSR count). The second-order valence-electron chi connectivity index (χ2n) is 4.33. The van der Waals surface area contributed by atoms with Crippen molar-refractivity contribution in [3.8, 4) is 11.8 Å². The van der Waals surface area contributed by atoms with Crippen LogP contribution in [-0.4, -0.2) is 12.5 Å². The molecule has 21 heavy (non-hydrogen) atoms. The molecule has 2 aromatic rings. The topological polar surface area (TPSA) is 68.3 Å². The lowest BCUT2D eigenvalue weighted by Crippen LogP contribution is -2.12. The molecule has 0 spiro atoms. The van der Waals surface area contributed by atoms with Crippen LogP contribution in [0.15, 0.2) is 41.0 Å². The number of hydrogen-bond donors (Lipinski definition) is 2. The fourth-order valence-electron chi connectivity index (χ4n) is 1.76. The predicted molar refractivity (Wildman–Crippen MR) is 83.0 cm³/mol. The minimum atomic E-state index is -0.0912. The van der Waals surface area contributed by atoms with E-state index in [1.165, 1.54) is 0 Å². The quantitative estimate of drug-likeness (QED) is 0.853. The van der Waals surface area contributed by atoms with Gasteiger partial charge in [-0.3, -0.25) is 4.79 Å². The molecule has 1 aromatic carbocycles. The lowest BCUT2D eigenvalue weighted by atomic mass is 10.2. The van der Waals surface area contributed by atoms with Gasteiger partial charge in [0.2, 0.25) is 5.91 Å². The largest absolute Gasteiger partial charge is 0.469 e. The SMILES string of the molecule is NCC#Cc1cc(NC(=O)CCc2ccco2)ccc1Cl. The lowest BCUT2D eigenvalue weighted by Gasteiger charge is -2.06. The number of aryl methyl sites for hydroxylation is 1. The Labute approximate surface area is 128 Å². The summed E-state index contributed by atoms with van der Waals surface area (Å²) in [6, 6.07) is 8.81. The van der Waals surface area contributed by atoms with E-state index in [2.05, 4.69) is 17.2 Å². The van der Waals surface area contributed by atoms with E-state index in [0.29, 0.717) is 29.1 Å².